The molecular formula is C12H28N2O2. The summed E-state index contributed by atoms with van der Waals surface area (Å²) in [6.45, 7) is 12.9. The SMILES string of the molecule is CCNCC(COC)OCCN(CC)CC. The van der Waals surface area contributed by atoms with Crippen LogP contribution >= 0.6 is 0 Å². The first-order valence-electron chi connectivity index (χ1n) is 6.31. The van der Waals surface area contributed by atoms with Crippen molar-refractivity contribution in [3.05, 3.63) is 0 Å². The molecule has 4 heteroatoms. The van der Waals surface area contributed by atoms with Crippen LogP contribution in [-0.2, 0) is 9.47 Å². The van der Waals surface area contributed by atoms with Gasteiger partial charge in [-0.3, -0.25) is 0 Å². The van der Waals surface area contributed by atoms with E-state index >= 15 is 0 Å². The molecule has 0 amide bonds. The van der Waals surface area contributed by atoms with Gasteiger partial charge in [-0.2, -0.15) is 0 Å². The molecule has 0 radical (unpaired) electrons. The second kappa shape index (κ2) is 11.3. The van der Waals surface area contributed by atoms with Gasteiger partial charge in [0, 0.05) is 20.2 Å². The summed E-state index contributed by atoms with van der Waals surface area (Å²) in [5, 5.41) is 3.28. The summed E-state index contributed by atoms with van der Waals surface area (Å²) in [4.78, 5) is 2.36. The molecular weight excluding hydrogens is 204 g/mol. The Kier molecular flexibility index (Phi) is 11.2. The number of hydrogen-bond acceptors (Lipinski definition) is 4. The Balaban J connectivity index is 3.65. The number of hydrogen-bond donors (Lipinski definition) is 1. The molecule has 1 atom stereocenters. The van der Waals surface area contributed by atoms with E-state index in [9.17, 15) is 0 Å². The smallest absolute Gasteiger partial charge is 0.0932 e. The number of methoxy groups -OCH3 is 1. The van der Waals surface area contributed by atoms with Gasteiger partial charge in [-0.15, -0.1) is 0 Å². The third-order valence-electron chi connectivity index (χ3n) is 2.63. The van der Waals surface area contributed by atoms with Crippen LogP contribution in [0.3, 0.4) is 0 Å². The summed E-state index contributed by atoms with van der Waals surface area (Å²) in [5.41, 5.74) is 0. The van der Waals surface area contributed by atoms with Gasteiger partial charge in [0.15, 0.2) is 0 Å². The average Bonchev–Trinajstić information content (AvgIpc) is 2.31. The Morgan fingerprint density at radius 3 is 2.38 bits per heavy atom. The van der Waals surface area contributed by atoms with Crippen LogP contribution in [0.4, 0.5) is 0 Å². The molecule has 1 N–H and O–H groups in total. The molecule has 98 valence electrons. The number of rotatable bonds is 11. The summed E-state index contributed by atoms with van der Waals surface area (Å²) in [7, 11) is 1.71. The molecule has 4 nitrogen and oxygen atoms in total. The lowest BCUT2D eigenvalue weighted by molar-refractivity contribution is -0.00794. The predicted octanol–water partition coefficient (Wildman–Crippen LogP) is 0.969. The van der Waals surface area contributed by atoms with Crippen LogP contribution in [0.2, 0.25) is 0 Å². The van der Waals surface area contributed by atoms with Crippen molar-refractivity contribution in [3.63, 3.8) is 0 Å². The maximum absolute atomic E-state index is 5.79. The van der Waals surface area contributed by atoms with Gasteiger partial charge < -0.3 is 19.7 Å². The Hall–Kier alpha value is -0.160. The number of nitrogens with zero attached hydrogens (tertiary/aromatic N) is 1. The molecule has 0 aromatic rings. The topological polar surface area (TPSA) is 33.7 Å². The molecule has 0 aromatic carbocycles. The summed E-state index contributed by atoms with van der Waals surface area (Å²) < 4.78 is 10.9. The highest BCUT2D eigenvalue weighted by Crippen LogP contribution is 1.94. The maximum Gasteiger partial charge on any atom is 0.0932 e. The van der Waals surface area contributed by atoms with E-state index in [1.54, 1.807) is 7.11 Å². The van der Waals surface area contributed by atoms with Crippen molar-refractivity contribution >= 4 is 0 Å². The van der Waals surface area contributed by atoms with Crippen molar-refractivity contribution in [2.75, 3.05) is 53.0 Å². The summed E-state index contributed by atoms with van der Waals surface area (Å²) in [6.07, 6.45) is 0.167. The van der Waals surface area contributed by atoms with Crippen molar-refractivity contribution < 1.29 is 9.47 Å². The summed E-state index contributed by atoms with van der Waals surface area (Å²) in [5.74, 6) is 0. The molecule has 0 saturated carbocycles. The van der Waals surface area contributed by atoms with Crippen LogP contribution in [0.5, 0.6) is 0 Å². The molecule has 0 spiro atoms. The van der Waals surface area contributed by atoms with Gasteiger partial charge in [0.2, 0.25) is 0 Å². The van der Waals surface area contributed by atoms with E-state index < -0.39 is 0 Å². The number of ether oxygens (including phenoxy) is 2. The van der Waals surface area contributed by atoms with Gasteiger partial charge in [-0.25, -0.2) is 0 Å². The minimum atomic E-state index is 0.167. The Labute approximate surface area is 100 Å². The first-order chi connectivity index (χ1) is 7.78. The lowest BCUT2D eigenvalue weighted by atomic mass is 10.3. The Morgan fingerprint density at radius 1 is 1.19 bits per heavy atom. The first-order valence-corrected chi connectivity index (χ1v) is 6.31. The van der Waals surface area contributed by atoms with Crippen molar-refractivity contribution in [1.82, 2.24) is 10.2 Å². The van der Waals surface area contributed by atoms with E-state index in [0.29, 0.717) is 6.61 Å². The predicted molar refractivity (Wildman–Crippen MR) is 67.9 cm³/mol. The lowest BCUT2D eigenvalue weighted by Gasteiger charge is -2.21. The van der Waals surface area contributed by atoms with E-state index in [1.807, 2.05) is 0 Å². The van der Waals surface area contributed by atoms with E-state index in [-0.39, 0.29) is 6.10 Å². The van der Waals surface area contributed by atoms with Gasteiger partial charge in [0.25, 0.3) is 0 Å². The summed E-state index contributed by atoms with van der Waals surface area (Å²) >= 11 is 0. The molecule has 1 unspecified atom stereocenters. The van der Waals surface area contributed by atoms with Gasteiger partial charge in [0.1, 0.15) is 0 Å². The molecule has 0 heterocycles. The standard InChI is InChI=1S/C12H28N2O2/c1-5-13-10-12(11-15-4)16-9-8-14(6-2)7-3/h12-13H,5-11H2,1-4H3. The van der Waals surface area contributed by atoms with Gasteiger partial charge >= 0.3 is 0 Å². The molecule has 0 aliphatic heterocycles. The van der Waals surface area contributed by atoms with Crippen LogP contribution in [0, 0.1) is 0 Å². The van der Waals surface area contributed by atoms with Crippen LogP contribution in [0.1, 0.15) is 20.8 Å². The minimum Gasteiger partial charge on any atom is -0.382 e. The highest BCUT2D eigenvalue weighted by molar-refractivity contribution is 4.61. The van der Waals surface area contributed by atoms with Gasteiger partial charge in [-0.05, 0) is 19.6 Å². The fourth-order valence-electron chi connectivity index (χ4n) is 1.55. The Morgan fingerprint density at radius 2 is 1.88 bits per heavy atom. The van der Waals surface area contributed by atoms with E-state index in [1.165, 1.54) is 0 Å². The molecule has 0 bridgehead atoms. The van der Waals surface area contributed by atoms with Crippen LogP contribution in [-0.4, -0.2) is 64.1 Å². The third-order valence-corrected chi connectivity index (χ3v) is 2.63. The van der Waals surface area contributed by atoms with Crippen molar-refractivity contribution in [3.8, 4) is 0 Å². The summed E-state index contributed by atoms with van der Waals surface area (Å²) in [6, 6.07) is 0. The zero-order valence-electron chi connectivity index (χ0n) is 11.3. The van der Waals surface area contributed by atoms with Crippen molar-refractivity contribution in [2.24, 2.45) is 0 Å². The highest BCUT2D eigenvalue weighted by atomic mass is 16.5. The average molecular weight is 232 g/mol. The van der Waals surface area contributed by atoms with E-state index in [2.05, 4.69) is 31.0 Å². The second-order valence-electron chi connectivity index (χ2n) is 3.78. The van der Waals surface area contributed by atoms with E-state index in [4.69, 9.17) is 9.47 Å². The highest BCUT2D eigenvalue weighted by Gasteiger charge is 2.08. The molecule has 0 fully saturated rings. The zero-order valence-corrected chi connectivity index (χ0v) is 11.3. The molecule has 0 aromatic heterocycles. The lowest BCUT2D eigenvalue weighted by Crippen LogP contribution is -2.35. The molecule has 0 rings (SSSR count). The van der Waals surface area contributed by atoms with Crippen LogP contribution in [0.25, 0.3) is 0 Å². The zero-order chi connectivity index (χ0) is 12.2. The fraction of sp³-hybridized carbons (Fsp3) is 1.00. The third kappa shape index (κ3) is 8.05. The number of likely N-dealkylation sites (N-methyl/N-ethyl adjacent to an activating group) is 2. The van der Waals surface area contributed by atoms with Crippen LogP contribution in [0.15, 0.2) is 0 Å². The molecule has 16 heavy (non-hydrogen) atoms. The monoisotopic (exact) mass is 232 g/mol. The molecule has 0 aliphatic carbocycles. The quantitative estimate of drug-likeness (QED) is 0.575. The maximum atomic E-state index is 5.79. The Bertz CT molecular complexity index is 141. The van der Waals surface area contributed by atoms with E-state index in [0.717, 1.165) is 39.3 Å². The fourth-order valence-corrected chi connectivity index (χ4v) is 1.55. The normalized spacial score (nSPS) is 13.3. The molecule has 0 saturated heterocycles. The van der Waals surface area contributed by atoms with Crippen molar-refractivity contribution in [1.29, 1.82) is 0 Å². The number of nitrogens with one attached hydrogen (secondary N) is 1. The minimum absolute atomic E-state index is 0.167. The van der Waals surface area contributed by atoms with Crippen LogP contribution < -0.4 is 5.32 Å². The first kappa shape index (κ1) is 15.8. The second-order valence-corrected chi connectivity index (χ2v) is 3.78. The van der Waals surface area contributed by atoms with Crippen molar-refractivity contribution in [2.45, 2.75) is 26.9 Å². The molecule has 0 aliphatic rings. The van der Waals surface area contributed by atoms with Gasteiger partial charge in [0.05, 0.1) is 19.3 Å². The largest absolute Gasteiger partial charge is 0.382 e. The van der Waals surface area contributed by atoms with Gasteiger partial charge in [-0.1, -0.05) is 20.8 Å².